The molecule has 1 unspecified atom stereocenters. The minimum absolute atomic E-state index is 0.0245. The van der Waals surface area contributed by atoms with Crippen LogP contribution >= 0.6 is 11.6 Å². The molecule has 0 aliphatic carbocycles. The fraction of sp³-hybridized carbons (Fsp3) is 0.643. The topological polar surface area (TPSA) is 40.6 Å². The molecule has 0 amide bonds. The number of methoxy groups -OCH3 is 1. The van der Waals surface area contributed by atoms with E-state index in [1.807, 2.05) is 0 Å². The van der Waals surface area contributed by atoms with Crippen LogP contribution < -0.4 is 4.74 Å². The highest BCUT2D eigenvalue weighted by Gasteiger charge is 2.14. The molecule has 19 heavy (non-hydrogen) atoms. The van der Waals surface area contributed by atoms with Crippen LogP contribution in [-0.2, 0) is 15.9 Å². The van der Waals surface area contributed by atoms with Crippen LogP contribution in [0.25, 0.3) is 0 Å². The van der Waals surface area contributed by atoms with Gasteiger partial charge in [0.2, 0.25) is 0 Å². The maximum Gasteiger partial charge on any atom is 0.157 e. The summed E-state index contributed by atoms with van der Waals surface area (Å²) in [5, 5.41) is 0.647. The number of halogens is 1. The summed E-state index contributed by atoms with van der Waals surface area (Å²) in [6, 6.07) is 0. The van der Waals surface area contributed by atoms with Gasteiger partial charge in [0.15, 0.2) is 6.29 Å². The quantitative estimate of drug-likeness (QED) is 0.753. The number of aromatic nitrogens is 1. The van der Waals surface area contributed by atoms with E-state index < -0.39 is 0 Å². The van der Waals surface area contributed by atoms with Gasteiger partial charge in [0.05, 0.1) is 24.9 Å². The van der Waals surface area contributed by atoms with Crippen molar-refractivity contribution >= 4 is 11.6 Å². The van der Waals surface area contributed by atoms with Crippen LogP contribution in [0.2, 0.25) is 5.02 Å². The highest BCUT2D eigenvalue weighted by molar-refractivity contribution is 6.31. The van der Waals surface area contributed by atoms with E-state index in [9.17, 15) is 0 Å². The van der Waals surface area contributed by atoms with E-state index in [2.05, 4.69) is 4.98 Å². The highest BCUT2D eigenvalue weighted by atomic mass is 35.5. The van der Waals surface area contributed by atoms with Crippen LogP contribution in [0, 0.1) is 0 Å². The molecule has 0 N–H and O–H groups in total. The second kappa shape index (κ2) is 7.68. The maximum absolute atomic E-state index is 6.13. The largest absolute Gasteiger partial charge is 0.495 e. The summed E-state index contributed by atoms with van der Waals surface area (Å²) in [7, 11) is 1.63. The van der Waals surface area contributed by atoms with E-state index in [0.29, 0.717) is 11.6 Å². The molecule has 1 aliphatic rings. The molecule has 5 heteroatoms. The zero-order chi connectivity index (χ0) is 13.5. The van der Waals surface area contributed by atoms with Crippen LogP contribution in [0.4, 0.5) is 0 Å². The molecular weight excluding hydrogens is 266 g/mol. The molecule has 0 radical (unpaired) electrons. The van der Waals surface area contributed by atoms with Gasteiger partial charge in [-0.2, -0.15) is 0 Å². The Bertz CT molecular complexity index is 394. The van der Waals surface area contributed by atoms with E-state index in [0.717, 1.165) is 43.6 Å². The maximum atomic E-state index is 6.13. The first-order valence-electron chi connectivity index (χ1n) is 6.71. The first-order chi connectivity index (χ1) is 9.31. The third kappa shape index (κ3) is 4.34. The number of pyridine rings is 1. The highest BCUT2D eigenvalue weighted by Crippen LogP contribution is 2.26. The molecule has 0 bridgehead atoms. The molecule has 4 nitrogen and oxygen atoms in total. The second-order valence-electron chi connectivity index (χ2n) is 4.57. The molecule has 0 aromatic carbocycles. The summed E-state index contributed by atoms with van der Waals surface area (Å²) in [6.45, 7) is 1.49. The second-order valence-corrected chi connectivity index (χ2v) is 4.98. The fourth-order valence-electron chi connectivity index (χ4n) is 2.17. The van der Waals surface area contributed by atoms with Crippen LogP contribution in [0.3, 0.4) is 0 Å². The Balaban J connectivity index is 1.76. The summed E-state index contributed by atoms with van der Waals surface area (Å²) in [5.41, 5.74) is 0.993. The Labute approximate surface area is 119 Å². The van der Waals surface area contributed by atoms with Crippen molar-refractivity contribution in [3.8, 4) is 5.75 Å². The van der Waals surface area contributed by atoms with Gasteiger partial charge in [-0.3, -0.25) is 4.98 Å². The lowest BCUT2D eigenvalue weighted by atomic mass is 10.1. The first kappa shape index (κ1) is 14.6. The van der Waals surface area contributed by atoms with E-state index >= 15 is 0 Å². The van der Waals surface area contributed by atoms with E-state index in [-0.39, 0.29) is 6.29 Å². The Morgan fingerprint density at radius 2 is 2.32 bits per heavy atom. The van der Waals surface area contributed by atoms with E-state index in [1.165, 1.54) is 6.42 Å². The van der Waals surface area contributed by atoms with Gasteiger partial charge in [-0.25, -0.2) is 0 Å². The zero-order valence-electron chi connectivity index (χ0n) is 11.2. The number of hydrogen-bond acceptors (Lipinski definition) is 4. The van der Waals surface area contributed by atoms with E-state index in [1.54, 1.807) is 19.5 Å². The van der Waals surface area contributed by atoms with Crippen molar-refractivity contribution in [1.29, 1.82) is 0 Å². The van der Waals surface area contributed by atoms with Gasteiger partial charge in [-0.15, -0.1) is 0 Å². The Morgan fingerprint density at radius 3 is 3.05 bits per heavy atom. The van der Waals surface area contributed by atoms with Crippen LogP contribution in [0.5, 0.6) is 5.75 Å². The molecule has 1 aromatic heterocycles. The minimum Gasteiger partial charge on any atom is -0.495 e. The van der Waals surface area contributed by atoms with E-state index in [4.69, 9.17) is 25.8 Å². The smallest absolute Gasteiger partial charge is 0.157 e. The molecule has 1 saturated heterocycles. The normalized spacial score (nSPS) is 19.4. The van der Waals surface area contributed by atoms with Crippen LogP contribution in [0.1, 0.15) is 31.2 Å². The summed E-state index contributed by atoms with van der Waals surface area (Å²) in [6.07, 6.45) is 8.34. The summed E-state index contributed by atoms with van der Waals surface area (Å²) in [4.78, 5) is 4.01. The molecule has 2 heterocycles. The van der Waals surface area contributed by atoms with Crippen molar-refractivity contribution in [2.45, 2.75) is 38.4 Å². The third-order valence-corrected chi connectivity index (χ3v) is 3.52. The molecule has 1 fully saturated rings. The van der Waals surface area contributed by atoms with Gasteiger partial charge in [0, 0.05) is 18.4 Å². The van der Waals surface area contributed by atoms with Gasteiger partial charge < -0.3 is 14.2 Å². The van der Waals surface area contributed by atoms with Crippen LogP contribution in [-0.4, -0.2) is 31.6 Å². The molecule has 1 aliphatic heterocycles. The predicted molar refractivity (Wildman–Crippen MR) is 73.7 cm³/mol. The number of nitrogens with zero attached hydrogens (tertiary/aromatic N) is 1. The minimum atomic E-state index is -0.0245. The SMILES string of the molecule is COc1cncc(Cl)c1CCCOC1CCCCO1. The van der Waals surface area contributed by atoms with Gasteiger partial charge in [0.25, 0.3) is 0 Å². The van der Waals surface area contributed by atoms with Crippen molar-refractivity contribution in [2.75, 3.05) is 20.3 Å². The fourth-order valence-corrected chi connectivity index (χ4v) is 2.41. The van der Waals surface area contributed by atoms with Crippen molar-refractivity contribution < 1.29 is 14.2 Å². The monoisotopic (exact) mass is 285 g/mol. The summed E-state index contributed by atoms with van der Waals surface area (Å²) < 4.78 is 16.5. The average Bonchev–Trinajstić information content (AvgIpc) is 2.46. The van der Waals surface area contributed by atoms with Crippen molar-refractivity contribution in [2.24, 2.45) is 0 Å². The van der Waals surface area contributed by atoms with Gasteiger partial charge in [0.1, 0.15) is 5.75 Å². The Hall–Kier alpha value is -0.840. The standard InChI is InChI=1S/C14H20ClNO3/c1-17-13-10-16-9-12(15)11(13)5-4-8-19-14-6-2-3-7-18-14/h9-10,14H,2-8H2,1H3. The number of ether oxygens (including phenoxy) is 3. The zero-order valence-corrected chi connectivity index (χ0v) is 12.0. The molecular formula is C14H20ClNO3. The Kier molecular flexibility index (Phi) is 5.89. The molecule has 1 atom stereocenters. The van der Waals surface area contributed by atoms with Gasteiger partial charge in [-0.1, -0.05) is 11.6 Å². The van der Waals surface area contributed by atoms with Crippen molar-refractivity contribution in [1.82, 2.24) is 4.98 Å². The molecule has 2 rings (SSSR count). The predicted octanol–water partition coefficient (Wildman–Crippen LogP) is 3.22. The third-order valence-electron chi connectivity index (χ3n) is 3.20. The molecule has 106 valence electrons. The van der Waals surface area contributed by atoms with Crippen molar-refractivity contribution in [3.63, 3.8) is 0 Å². The average molecular weight is 286 g/mol. The molecule has 0 saturated carbocycles. The lowest BCUT2D eigenvalue weighted by Crippen LogP contribution is -2.22. The lowest BCUT2D eigenvalue weighted by molar-refractivity contribution is -0.162. The summed E-state index contributed by atoms with van der Waals surface area (Å²) >= 11 is 6.13. The molecule has 1 aromatic rings. The van der Waals surface area contributed by atoms with Gasteiger partial charge in [-0.05, 0) is 32.1 Å². The van der Waals surface area contributed by atoms with Crippen molar-refractivity contribution in [3.05, 3.63) is 23.0 Å². The number of rotatable bonds is 6. The Morgan fingerprint density at radius 1 is 1.42 bits per heavy atom. The lowest BCUT2D eigenvalue weighted by Gasteiger charge is -2.22. The first-order valence-corrected chi connectivity index (χ1v) is 7.08. The summed E-state index contributed by atoms with van der Waals surface area (Å²) in [5.74, 6) is 0.737. The number of hydrogen-bond donors (Lipinski definition) is 0. The van der Waals surface area contributed by atoms with Gasteiger partial charge >= 0.3 is 0 Å². The molecule has 0 spiro atoms. The van der Waals surface area contributed by atoms with Crippen LogP contribution in [0.15, 0.2) is 12.4 Å².